The van der Waals surface area contributed by atoms with E-state index in [1.807, 2.05) is 66.7 Å². The lowest BCUT2D eigenvalue weighted by Crippen LogP contribution is -2.45. The van der Waals surface area contributed by atoms with Gasteiger partial charge in [0.1, 0.15) is 12.4 Å². The van der Waals surface area contributed by atoms with E-state index in [4.69, 9.17) is 33.3 Å². The van der Waals surface area contributed by atoms with Crippen LogP contribution < -0.4 is 15.4 Å². The summed E-state index contributed by atoms with van der Waals surface area (Å²) in [5.41, 5.74) is 3.75. The number of methoxy groups -OCH3 is 1. The molecule has 0 saturated heterocycles. The molecule has 3 aromatic carbocycles. The van der Waals surface area contributed by atoms with Gasteiger partial charge >= 0.3 is 5.97 Å². The summed E-state index contributed by atoms with van der Waals surface area (Å²) >= 11 is 11.5. The molecule has 7 heteroatoms. The second-order valence-electron chi connectivity index (χ2n) is 7.16. The summed E-state index contributed by atoms with van der Waals surface area (Å²) in [5.74, 6) is 0.280. The quantitative estimate of drug-likeness (QED) is 0.394. The average Bonchev–Trinajstić information content (AvgIpc) is 2.83. The fraction of sp³-hybridized carbons (Fsp3) is 0.120. The highest BCUT2D eigenvalue weighted by Crippen LogP contribution is 2.33. The minimum atomic E-state index is -0.481. The lowest BCUT2D eigenvalue weighted by atomic mass is 9.93. The monoisotopic (exact) mass is 464 g/mol. The number of esters is 1. The number of ether oxygens (including phenoxy) is 2. The maximum absolute atomic E-state index is 12.8. The van der Waals surface area contributed by atoms with Gasteiger partial charge in [0, 0.05) is 5.02 Å². The van der Waals surface area contributed by atoms with Gasteiger partial charge in [-0.25, -0.2) is 4.79 Å². The van der Waals surface area contributed by atoms with E-state index in [1.54, 1.807) is 12.1 Å². The zero-order valence-corrected chi connectivity index (χ0v) is 18.9. The van der Waals surface area contributed by atoms with Gasteiger partial charge in [0.25, 0.3) is 0 Å². The first-order valence-corrected chi connectivity index (χ1v) is 10.8. The van der Waals surface area contributed by atoms with E-state index in [2.05, 4.69) is 10.6 Å². The Morgan fingerprint density at radius 3 is 2.34 bits per heavy atom. The SMILES string of the molecule is COC(=O)C1=C(c2ccc(Cl)cc2)NC(=S)NC1c1ccc(OCc2ccccc2)cc1. The largest absolute Gasteiger partial charge is 0.489 e. The summed E-state index contributed by atoms with van der Waals surface area (Å²) in [6.45, 7) is 0.476. The van der Waals surface area contributed by atoms with Gasteiger partial charge in [-0.1, -0.05) is 66.2 Å². The number of benzene rings is 3. The standard InChI is InChI=1S/C25H21ClN2O3S/c1-30-24(29)21-22(17-7-11-19(26)12-8-17)27-25(32)28-23(21)18-9-13-20(14-10-18)31-15-16-5-3-2-4-6-16/h2-14,23H,15H2,1H3,(H2,27,28,32). The molecule has 1 aliphatic heterocycles. The van der Waals surface area contributed by atoms with Crippen molar-refractivity contribution in [1.82, 2.24) is 10.6 Å². The Morgan fingerprint density at radius 2 is 1.69 bits per heavy atom. The van der Waals surface area contributed by atoms with E-state index in [1.165, 1.54) is 7.11 Å². The van der Waals surface area contributed by atoms with Crippen molar-refractivity contribution in [3.63, 3.8) is 0 Å². The Labute approximate surface area is 197 Å². The molecule has 1 heterocycles. The van der Waals surface area contributed by atoms with Crippen molar-refractivity contribution in [3.8, 4) is 5.75 Å². The number of carbonyl (C=O) groups excluding carboxylic acids is 1. The van der Waals surface area contributed by atoms with Crippen molar-refractivity contribution >= 4 is 40.6 Å². The topological polar surface area (TPSA) is 59.6 Å². The van der Waals surface area contributed by atoms with E-state index in [9.17, 15) is 4.79 Å². The van der Waals surface area contributed by atoms with Crippen LogP contribution in [-0.2, 0) is 16.1 Å². The van der Waals surface area contributed by atoms with Crippen LogP contribution >= 0.6 is 23.8 Å². The molecule has 0 spiro atoms. The minimum absolute atomic E-state index is 0.414. The lowest BCUT2D eigenvalue weighted by molar-refractivity contribution is -0.136. The summed E-state index contributed by atoms with van der Waals surface area (Å²) < 4.78 is 11.0. The third-order valence-corrected chi connectivity index (χ3v) is 5.54. The van der Waals surface area contributed by atoms with Gasteiger partial charge in [-0.15, -0.1) is 0 Å². The molecule has 0 radical (unpaired) electrons. The molecule has 0 amide bonds. The van der Waals surface area contributed by atoms with Gasteiger partial charge < -0.3 is 20.1 Å². The van der Waals surface area contributed by atoms with Crippen LogP contribution in [0.5, 0.6) is 5.75 Å². The van der Waals surface area contributed by atoms with Gasteiger partial charge in [0.2, 0.25) is 0 Å². The molecule has 0 bridgehead atoms. The van der Waals surface area contributed by atoms with Crippen LogP contribution in [0.25, 0.3) is 5.70 Å². The second-order valence-corrected chi connectivity index (χ2v) is 8.01. The summed E-state index contributed by atoms with van der Waals surface area (Å²) in [6, 6.07) is 24.2. The Balaban J connectivity index is 1.64. The average molecular weight is 465 g/mol. The second kappa shape index (κ2) is 9.85. The molecule has 0 aliphatic carbocycles. The molecule has 162 valence electrons. The summed E-state index contributed by atoms with van der Waals surface area (Å²) in [5, 5.41) is 7.30. The first-order chi connectivity index (χ1) is 15.5. The number of hydrogen-bond acceptors (Lipinski definition) is 4. The molecule has 1 unspecified atom stereocenters. The minimum Gasteiger partial charge on any atom is -0.489 e. The normalized spacial score (nSPS) is 15.6. The van der Waals surface area contributed by atoms with Crippen molar-refractivity contribution in [2.45, 2.75) is 12.6 Å². The van der Waals surface area contributed by atoms with Crippen LogP contribution in [0.4, 0.5) is 0 Å². The van der Waals surface area contributed by atoms with E-state index >= 15 is 0 Å². The highest BCUT2D eigenvalue weighted by Gasteiger charge is 2.32. The number of rotatable bonds is 6. The van der Waals surface area contributed by atoms with Gasteiger partial charge in [-0.3, -0.25) is 0 Å². The first-order valence-electron chi connectivity index (χ1n) is 9.98. The maximum Gasteiger partial charge on any atom is 0.338 e. The van der Waals surface area contributed by atoms with Gasteiger partial charge in [-0.05, 0) is 53.2 Å². The third-order valence-electron chi connectivity index (χ3n) is 5.07. The highest BCUT2D eigenvalue weighted by atomic mass is 35.5. The van der Waals surface area contributed by atoms with Crippen molar-refractivity contribution < 1.29 is 14.3 Å². The fourth-order valence-electron chi connectivity index (χ4n) is 3.49. The van der Waals surface area contributed by atoms with Crippen molar-refractivity contribution in [1.29, 1.82) is 0 Å². The Hall–Kier alpha value is -3.35. The van der Waals surface area contributed by atoms with Crippen LogP contribution in [0, 0.1) is 0 Å². The molecule has 1 atom stereocenters. The Kier molecular flexibility index (Phi) is 6.73. The molecular weight excluding hydrogens is 444 g/mol. The predicted octanol–water partition coefficient (Wildman–Crippen LogP) is 5.02. The van der Waals surface area contributed by atoms with Gasteiger partial charge in [0.15, 0.2) is 5.11 Å². The molecular formula is C25H21ClN2O3S. The Morgan fingerprint density at radius 1 is 1.00 bits per heavy atom. The first kappa shape index (κ1) is 21.9. The smallest absolute Gasteiger partial charge is 0.338 e. The van der Waals surface area contributed by atoms with Gasteiger partial charge in [-0.2, -0.15) is 0 Å². The fourth-order valence-corrected chi connectivity index (χ4v) is 3.83. The number of carbonyl (C=O) groups is 1. The molecule has 0 fully saturated rings. The van der Waals surface area contributed by atoms with Crippen LogP contribution in [-0.4, -0.2) is 18.2 Å². The van der Waals surface area contributed by atoms with Crippen molar-refractivity contribution in [2.24, 2.45) is 0 Å². The summed E-state index contributed by atoms with van der Waals surface area (Å²) in [6.07, 6.45) is 0. The van der Waals surface area contributed by atoms with Crippen molar-refractivity contribution in [3.05, 3.63) is 106 Å². The number of thiocarbonyl (C=S) groups is 1. The molecule has 0 aromatic heterocycles. The van der Waals surface area contributed by atoms with Crippen LogP contribution in [0.15, 0.2) is 84.4 Å². The number of nitrogens with one attached hydrogen (secondary N) is 2. The predicted molar refractivity (Wildman–Crippen MR) is 129 cm³/mol. The molecule has 2 N–H and O–H groups in total. The van der Waals surface area contributed by atoms with Crippen LogP contribution in [0.1, 0.15) is 22.7 Å². The molecule has 3 aromatic rings. The number of hydrogen-bond donors (Lipinski definition) is 2. The molecule has 4 rings (SSSR count). The van der Waals surface area contributed by atoms with E-state index in [0.717, 1.165) is 22.4 Å². The molecule has 0 saturated carbocycles. The zero-order chi connectivity index (χ0) is 22.5. The highest BCUT2D eigenvalue weighted by molar-refractivity contribution is 7.80. The molecule has 5 nitrogen and oxygen atoms in total. The third kappa shape index (κ3) is 4.93. The molecule has 32 heavy (non-hydrogen) atoms. The lowest BCUT2D eigenvalue weighted by Gasteiger charge is -2.31. The Bertz CT molecular complexity index is 1150. The van der Waals surface area contributed by atoms with Crippen LogP contribution in [0.3, 0.4) is 0 Å². The van der Waals surface area contributed by atoms with E-state index < -0.39 is 12.0 Å². The summed E-state index contributed by atoms with van der Waals surface area (Å²) in [7, 11) is 1.36. The van der Waals surface area contributed by atoms with Crippen molar-refractivity contribution in [2.75, 3.05) is 7.11 Å². The van der Waals surface area contributed by atoms with Gasteiger partial charge in [0.05, 0.1) is 24.4 Å². The maximum atomic E-state index is 12.8. The summed E-state index contributed by atoms with van der Waals surface area (Å²) in [4.78, 5) is 12.8. The van der Waals surface area contributed by atoms with E-state index in [0.29, 0.717) is 28.0 Å². The van der Waals surface area contributed by atoms with Crippen LogP contribution in [0.2, 0.25) is 5.02 Å². The molecule has 1 aliphatic rings. The van der Waals surface area contributed by atoms with E-state index in [-0.39, 0.29) is 0 Å². The number of halogens is 1. The zero-order valence-electron chi connectivity index (χ0n) is 17.3.